The molecule has 4 fully saturated rings. The Morgan fingerprint density at radius 3 is 2.15 bits per heavy atom. The van der Waals surface area contributed by atoms with Crippen LogP contribution in [0.4, 0.5) is 0 Å². The predicted molar refractivity (Wildman–Crippen MR) is 80.6 cm³/mol. The number of aryl methyl sites for hydroxylation is 2. The van der Waals surface area contributed by atoms with E-state index in [0.717, 1.165) is 41.2 Å². The fraction of sp³-hybridized carbons (Fsp3) is 0.778. The molecule has 0 saturated heterocycles. The van der Waals surface area contributed by atoms with Gasteiger partial charge in [0.1, 0.15) is 11.5 Å². The van der Waals surface area contributed by atoms with Gasteiger partial charge < -0.3 is 9.73 Å². The first-order valence-corrected chi connectivity index (χ1v) is 8.43. The second-order valence-electron chi connectivity index (χ2n) is 7.71. The van der Waals surface area contributed by atoms with Crippen molar-refractivity contribution in [2.24, 2.45) is 23.7 Å². The Balaban J connectivity index is 1.50. The van der Waals surface area contributed by atoms with E-state index in [9.17, 15) is 0 Å². The smallest absolute Gasteiger partial charge is 0.105 e. The predicted octanol–water partition coefficient (Wildman–Crippen LogP) is 4.37. The third-order valence-corrected chi connectivity index (χ3v) is 6.22. The van der Waals surface area contributed by atoms with Gasteiger partial charge in [0.15, 0.2) is 0 Å². The summed E-state index contributed by atoms with van der Waals surface area (Å²) in [6.45, 7) is 6.45. The number of hydrogen-bond donors (Lipinski definition) is 1. The van der Waals surface area contributed by atoms with Crippen LogP contribution < -0.4 is 5.32 Å². The molecule has 0 radical (unpaired) electrons. The summed E-state index contributed by atoms with van der Waals surface area (Å²) in [5, 5.41) is 3.97. The van der Waals surface area contributed by atoms with E-state index in [1.54, 1.807) is 0 Å². The third kappa shape index (κ3) is 2.04. The zero-order chi connectivity index (χ0) is 13.9. The van der Waals surface area contributed by atoms with Crippen molar-refractivity contribution in [2.45, 2.75) is 65.0 Å². The quantitative estimate of drug-likeness (QED) is 0.884. The summed E-state index contributed by atoms with van der Waals surface area (Å²) < 4.78 is 5.70. The van der Waals surface area contributed by atoms with E-state index in [1.807, 2.05) is 6.92 Å². The van der Waals surface area contributed by atoms with Crippen LogP contribution in [0.2, 0.25) is 0 Å². The van der Waals surface area contributed by atoms with Gasteiger partial charge in [-0.3, -0.25) is 0 Å². The summed E-state index contributed by atoms with van der Waals surface area (Å²) in [5.74, 6) is 6.14. The average Bonchev–Trinajstić information content (AvgIpc) is 2.72. The van der Waals surface area contributed by atoms with Crippen molar-refractivity contribution in [3.63, 3.8) is 0 Å². The van der Waals surface area contributed by atoms with Crippen LogP contribution in [0.1, 0.15) is 62.2 Å². The van der Waals surface area contributed by atoms with E-state index in [4.69, 9.17) is 4.42 Å². The van der Waals surface area contributed by atoms with E-state index in [0.29, 0.717) is 6.04 Å². The van der Waals surface area contributed by atoms with Crippen molar-refractivity contribution in [1.29, 1.82) is 0 Å². The number of furan rings is 1. The Bertz CT molecular complexity index is 476. The highest BCUT2D eigenvalue weighted by Crippen LogP contribution is 2.54. The molecule has 2 nitrogen and oxygen atoms in total. The fourth-order valence-electron chi connectivity index (χ4n) is 5.66. The second-order valence-corrected chi connectivity index (χ2v) is 7.71. The van der Waals surface area contributed by atoms with Crippen LogP contribution in [-0.2, 0) is 0 Å². The largest absolute Gasteiger partial charge is 0.466 e. The highest BCUT2D eigenvalue weighted by Gasteiger charge is 2.48. The minimum Gasteiger partial charge on any atom is -0.466 e. The van der Waals surface area contributed by atoms with Gasteiger partial charge in [-0.05, 0) is 82.6 Å². The second kappa shape index (κ2) is 4.62. The first-order valence-electron chi connectivity index (χ1n) is 8.43. The SMILES string of the molecule is Cc1cc(C(C)NC2C3CC4CC(C3)CC2C4)c(C)o1. The van der Waals surface area contributed by atoms with E-state index >= 15 is 0 Å². The van der Waals surface area contributed by atoms with Crippen molar-refractivity contribution in [1.82, 2.24) is 5.32 Å². The number of rotatable bonds is 3. The monoisotopic (exact) mass is 273 g/mol. The lowest BCUT2D eigenvalue weighted by atomic mass is 9.54. The van der Waals surface area contributed by atoms with Gasteiger partial charge in [-0.1, -0.05) is 0 Å². The molecule has 4 bridgehead atoms. The molecule has 0 aliphatic heterocycles. The number of hydrogen-bond acceptors (Lipinski definition) is 2. The first kappa shape index (κ1) is 12.9. The minimum atomic E-state index is 0.426. The lowest BCUT2D eigenvalue weighted by Gasteiger charge is -2.55. The zero-order valence-corrected chi connectivity index (χ0v) is 13.0. The molecule has 1 N–H and O–H groups in total. The molecule has 4 saturated carbocycles. The van der Waals surface area contributed by atoms with Crippen molar-refractivity contribution in [2.75, 3.05) is 0 Å². The molecule has 0 spiro atoms. The molecule has 4 aliphatic carbocycles. The Morgan fingerprint density at radius 1 is 1.05 bits per heavy atom. The van der Waals surface area contributed by atoms with Gasteiger partial charge in [0.2, 0.25) is 0 Å². The number of nitrogens with one attached hydrogen (secondary N) is 1. The van der Waals surface area contributed by atoms with Crippen LogP contribution in [0, 0.1) is 37.5 Å². The van der Waals surface area contributed by atoms with E-state index in [-0.39, 0.29) is 0 Å². The van der Waals surface area contributed by atoms with Gasteiger partial charge in [0.05, 0.1) is 0 Å². The lowest BCUT2D eigenvalue weighted by molar-refractivity contribution is -0.0171. The van der Waals surface area contributed by atoms with E-state index in [1.165, 1.54) is 37.7 Å². The zero-order valence-electron chi connectivity index (χ0n) is 13.0. The molecule has 4 aliphatic rings. The van der Waals surface area contributed by atoms with Gasteiger partial charge in [-0.15, -0.1) is 0 Å². The molecule has 5 rings (SSSR count). The summed E-state index contributed by atoms with van der Waals surface area (Å²) in [5.41, 5.74) is 1.36. The Hall–Kier alpha value is -0.760. The van der Waals surface area contributed by atoms with E-state index in [2.05, 4.69) is 25.2 Å². The molecule has 1 unspecified atom stereocenters. The van der Waals surface area contributed by atoms with Gasteiger partial charge in [0.25, 0.3) is 0 Å². The Kier molecular flexibility index (Phi) is 2.99. The minimum absolute atomic E-state index is 0.426. The maximum Gasteiger partial charge on any atom is 0.105 e. The van der Waals surface area contributed by atoms with Crippen molar-refractivity contribution < 1.29 is 4.42 Å². The van der Waals surface area contributed by atoms with Gasteiger partial charge in [0, 0.05) is 17.6 Å². The van der Waals surface area contributed by atoms with Gasteiger partial charge in [-0.25, -0.2) is 0 Å². The Morgan fingerprint density at radius 2 is 1.65 bits per heavy atom. The van der Waals surface area contributed by atoms with Crippen LogP contribution in [-0.4, -0.2) is 6.04 Å². The maximum absolute atomic E-state index is 5.70. The molecule has 1 heterocycles. The molecule has 1 atom stereocenters. The average molecular weight is 273 g/mol. The molecule has 1 aromatic rings. The van der Waals surface area contributed by atoms with Crippen molar-refractivity contribution >= 4 is 0 Å². The molecule has 2 heteroatoms. The molecule has 20 heavy (non-hydrogen) atoms. The molecule has 110 valence electrons. The highest BCUT2D eigenvalue weighted by atomic mass is 16.3. The van der Waals surface area contributed by atoms with E-state index < -0.39 is 0 Å². The Labute approximate surface area is 122 Å². The summed E-state index contributed by atoms with van der Waals surface area (Å²) in [6.07, 6.45) is 7.48. The molecule has 0 amide bonds. The summed E-state index contributed by atoms with van der Waals surface area (Å²) in [6, 6.07) is 3.39. The van der Waals surface area contributed by atoms with Crippen LogP contribution in [0.3, 0.4) is 0 Å². The fourth-order valence-corrected chi connectivity index (χ4v) is 5.66. The summed E-state index contributed by atoms with van der Waals surface area (Å²) in [7, 11) is 0. The normalized spacial score (nSPS) is 40.2. The van der Waals surface area contributed by atoms with Crippen LogP contribution in [0.15, 0.2) is 10.5 Å². The highest BCUT2D eigenvalue weighted by molar-refractivity contribution is 5.24. The molecular weight excluding hydrogens is 246 g/mol. The maximum atomic E-state index is 5.70. The third-order valence-electron chi connectivity index (χ3n) is 6.22. The van der Waals surface area contributed by atoms with Crippen molar-refractivity contribution in [3.05, 3.63) is 23.2 Å². The van der Waals surface area contributed by atoms with Gasteiger partial charge >= 0.3 is 0 Å². The summed E-state index contributed by atoms with van der Waals surface area (Å²) in [4.78, 5) is 0. The van der Waals surface area contributed by atoms with Crippen LogP contribution >= 0.6 is 0 Å². The standard InChI is InChI=1S/C18H27NO/c1-10-4-17(12(3)20-10)11(2)19-18-15-6-13-5-14(8-15)9-16(18)7-13/h4,11,13-16,18-19H,5-9H2,1-3H3. The van der Waals surface area contributed by atoms with Crippen molar-refractivity contribution in [3.8, 4) is 0 Å². The molecule has 1 aromatic heterocycles. The van der Waals surface area contributed by atoms with Crippen LogP contribution in [0.5, 0.6) is 0 Å². The lowest BCUT2D eigenvalue weighted by Crippen LogP contribution is -2.54. The molecular formula is C18H27NO. The first-order chi connectivity index (χ1) is 9.60. The topological polar surface area (TPSA) is 25.2 Å². The summed E-state index contributed by atoms with van der Waals surface area (Å²) >= 11 is 0. The van der Waals surface area contributed by atoms with Gasteiger partial charge in [-0.2, -0.15) is 0 Å². The molecule has 0 aromatic carbocycles. The van der Waals surface area contributed by atoms with Crippen LogP contribution in [0.25, 0.3) is 0 Å².